The van der Waals surface area contributed by atoms with Crippen molar-refractivity contribution in [3.8, 4) is 0 Å². The molecule has 1 aliphatic heterocycles. The number of likely N-dealkylation sites (N-methyl/N-ethyl adjacent to an activating group) is 1. The van der Waals surface area contributed by atoms with Crippen LogP contribution in [0.1, 0.15) is 39.0 Å². The lowest BCUT2D eigenvalue weighted by Gasteiger charge is -2.42. The summed E-state index contributed by atoms with van der Waals surface area (Å²) in [5, 5.41) is 3.59. The second kappa shape index (κ2) is 7.79. The number of nitrogens with zero attached hydrogens (tertiary/aromatic N) is 2. The van der Waals surface area contributed by atoms with Gasteiger partial charge in [0.05, 0.1) is 6.54 Å². The largest absolute Gasteiger partial charge is 0.401 e. The number of piperazine rings is 1. The van der Waals surface area contributed by atoms with Crippen LogP contribution in [0.4, 0.5) is 13.2 Å². The highest BCUT2D eigenvalue weighted by Crippen LogP contribution is 2.24. The Hall–Kier alpha value is -0.330. The van der Waals surface area contributed by atoms with Crippen LogP contribution in [0.25, 0.3) is 0 Å². The Labute approximate surface area is 125 Å². The van der Waals surface area contributed by atoms with E-state index in [1.54, 1.807) is 0 Å². The first-order valence-corrected chi connectivity index (χ1v) is 8.26. The zero-order valence-corrected chi connectivity index (χ0v) is 13.0. The van der Waals surface area contributed by atoms with E-state index in [9.17, 15) is 13.2 Å². The third kappa shape index (κ3) is 5.42. The lowest BCUT2D eigenvalue weighted by Crippen LogP contribution is -2.57. The summed E-state index contributed by atoms with van der Waals surface area (Å²) in [4.78, 5) is 3.96. The predicted octanol–water partition coefficient (Wildman–Crippen LogP) is 2.48. The van der Waals surface area contributed by atoms with E-state index < -0.39 is 12.7 Å². The second-order valence-corrected chi connectivity index (χ2v) is 6.30. The molecule has 1 saturated carbocycles. The smallest absolute Gasteiger partial charge is 0.313 e. The molecule has 2 rings (SSSR count). The Morgan fingerprint density at radius 1 is 1.00 bits per heavy atom. The normalized spacial score (nSPS) is 30.3. The van der Waals surface area contributed by atoms with Gasteiger partial charge in [-0.25, -0.2) is 0 Å². The summed E-state index contributed by atoms with van der Waals surface area (Å²) in [6.07, 6.45) is 2.10. The minimum Gasteiger partial charge on any atom is -0.313 e. The molecule has 0 aromatic carbocycles. The van der Waals surface area contributed by atoms with E-state index in [1.807, 2.05) is 0 Å². The molecule has 2 fully saturated rings. The molecule has 0 spiro atoms. The van der Waals surface area contributed by atoms with E-state index in [2.05, 4.69) is 17.1 Å². The number of nitrogens with one attached hydrogen (secondary N) is 1. The predicted molar refractivity (Wildman–Crippen MR) is 78.4 cm³/mol. The first kappa shape index (κ1) is 17.0. The molecule has 124 valence electrons. The average molecular weight is 307 g/mol. The summed E-state index contributed by atoms with van der Waals surface area (Å²) in [6.45, 7) is 4.94. The van der Waals surface area contributed by atoms with Gasteiger partial charge in [0, 0.05) is 38.3 Å². The third-order valence-corrected chi connectivity index (χ3v) is 4.72. The van der Waals surface area contributed by atoms with Gasteiger partial charge >= 0.3 is 6.18 Å². The molecule has 0 aromatic rings. The Morgan fingerprint density at radius 2 is 1.67 bits per heavy atom. The van der Waals surface area contributed by atoms with Gasteiger partial charge in [-0.2, -0.15) is 13.2 Å². The van der Waals surface area contributed by atoms with Gasteiger partial charge in [-0.05, 0) is 19.4 Å². The number of hydrogen-bond acceptors (Lipinski definition) is 3. The lowest BCUT2D eigenvalue weighted by molar-refractivity contribution is -0.150. The third-order valence-electron chi connectivity index (χ3n) is 4.72. The van der Waals surface area contributed by atoms with Crippen LogP contribution >= 0.6 is 0 Å². The van der Waals surface area contributed by atoms with Crippen molar-refractivity contribution in [1.29, 1.82) is 0 Å². The van der Waals surface area contributed by atoms with Gasteiger partial charge in [0.2, 0.25) is 0 Å². The molecule has 0 radical (unpaired) electrons. The van der Waals surface area contributed by atoms with Crippen LogP contribution in [0, 0.1) is 0 Å². The van der Waals surface area contributed by atoms with Crippen molar-refractivity contribution < 1.29 is 13.2 Å². The summed E-state index contributed by atoms with van der Waals surface area (Å²) in [7, 11) is 0. The fourth-order valence-corrected chi connectivity index (χ4v) is 3.73. The van der Waals surface area contributed by atoms with E-state index in [-0.39, 0.29) is 0 Å². The fourth-order valence-electron chi connectivity index (χ4n) is 3.73. The van der Waals surface area contributed by atoms with Crippen molar-refractivity contribution in [3.05, 3.63) is 0 Å². The van der Waals surface area contributed by atoms with Crippen LogP contribution in [0.5, 0.6) is 0 Å². The van der Waals surface area contributed by atoms with Gasteiger partial charge < -0.3 is 5.32 Å². The topological polar surface area (TPSA) is 18.5 Å². The zero-order valence-electron chi connectivity index (χ0n) is 13.0. The molecule has 6 heteroatoms. The van der Waals surface area contributed by atoms with Gasteiger partial charge in [-0.15, -0.1) is 0 Å². The van der Waals surface area contributed by atoms with Crippen LogP contribution in [-0.2, 0) is 0 Å². The summed E-state index contributed by atoms with van der Waals surface area (Å²) in [5.41, 5.74) is 0. The zero-order chi connectivity index (χ0) is 15.3. The van der Waals surface area contributed by atoms with Crippen LogP contribution in [-0.4, -0.2) is 67.3 Å². The fraction of sp³-hybridized carbons (Fsp3) is 1.00. The minimum atomic E-state index is -4.07. The molecule has 1 saturated heterocycles. The highest BCUT2D eigenvalue weighted by molar-refractivity contribution is 4.89. The first-order valence-electron chi connectivity index (χ1n) is 8.26. The number of halogens is 3. The van der Waals surface area contributed by atoms with Crippen molar-refractivity contribution in [2.75, 3.05) is 39.3 Å². The molecule has 0 bridgehead atoms. The van der Waals surface area contributed by atoms with E-state index in [1.165, 1.54) is 37.0 Å². The maximum Gasteiger partial charge on any atom is 0.401 e. The summed E-state index contributed by atoms with van der Waals surface area (Å²) in [6, 6.07) is 1.01. The molecule has 1 heterocycles. The molecule has 2 aliphatic rings. The monoisotopic (exact) mass is 307 g/mol. The van der Waals surface area contributed by atoms with Crippen molar-refractivity contribution >= 4 is 0 Å². The summed E-state index contributed by atoms with van der Waals surface area (Å²) >= 11 is 0. The van der Waals surface area contributed by atoms with E-state index in [0.29, 0.717) is 25.2 Å². The van der Waals surface area contributed by atoms with Gasteiger partial charge in [0.25, 0.3) is 0 Å². The molecule has 0 amide bonds. The number of hydrogen-bond donors (Lipinski definition) is 1. The SMILES string of the molecule is CCNC1CCCCCC1N1CCN(CC(F)(F)F)CC1. The maximum atomic E-state index is 12.4. The first-order chi connectivity index (χ1) is 9.99. The Bertz CT molecular complexity index is 301. The van der Waals surface area contributed by atoms with Crippen LogP contribution in [0.15, 0.2) is 0 Å². The van der Waals surface area contributed by atoms with Crippen molar-refractivity contribution in [2.45, 2.75) is 57.3 Å². The van der Waals surface area contributed by atoms with Crippen LogP contribution in [0.2, 0.25) is 0 Å². The Balaban J connectivity index is 1.86. The van der Waals surface area contributed by atoms with Gasteiger partial charge in [-0.1, -0.05) is 26.2 Å². The van der Waals surface area contributed by atoms with Gasteiger partial charge in [0.1, 0.15) is 0 Å². The second-order valence-electron chi connectivity index (χ2n) is 6.30. The highest BCUT2D eigenvalue weighted by Gasteiger charge is 2.35. The van der Waals surface area contributed by atoms with E-state index >= 15 is 0 Å². The summed E-state index contributed by atoms with van der Waals surface area (Å²) < 4.78 is 37.3. The van der Waals surface area contributed by atoms with Gasteiger partial charge in [-0.3, -0.25) is 9.80 Å². The molecule has 2 atom stereocenters. The maximum absolute atomic E-state index is 12.4. The molecular formula is C15H28F3N3. The van der Waals surface area contributed by atoms with E-state index in [0.717, 1.165) is 19.6 Å². The average Bonchev–Trinajstić information content (AvgIpc) is 2.64. The van der Waals surface area contributed by atoms with Crippen molar-refractivity contribution in [3.63, 3.8) is 0 Å². The standard InChI is InChI=1S/C15H28F3N3/c1-2-19-13-6-4-3-5-7-14(13)21-10-8-20(9-11-21)12-15(16,17)18/h13-14,19H,2-12H2,1H3. The minimum absolute atomic E-state index is 0.500. The van der Waals surface area contributed by atoms with E-state index in [4.69, 9.17) is 0 Å². The number of alkyl halides is 3. The van der Waals surface area contributed by atoms with Crippen LogP contribution < -0.4 is 5.32 Å². The molecule has 0 aromatic heterocycles. The lowest BCUT2D eigenvalue weighted by atomic mass is 10.00. The molecule has 3 nitrogen and oxygen atoms in total. The van der Waals surface area contributed by atoms with Crippen molar-refractivity contribution in [1.82, 2.24) is 15.1 Å². The molecular weight excluding hydrogens is 279 g/mol. The molecule has 1 aliphatic carbocycles. The molecule has 1 N–H and O–H groups in total. The number of rotatable bonds is 4. The Morgan fingerprint density at radius 3 is 2.29 bits per heavy atom. The quantitative estimate of drug-likeness (QED) is 0.805. The summed E-state index contributed by atoms with van der Waals surface area (Å²) in [5.74, 6) is 0. The molecule has 21 heavy (non-hydrogen) atoms. The van der Waals surface area contributed by atoms with Crippen molar-refractivity contribution in [2.24, 2.45) is 0 Å². The highest BCUT2D eigenvalue weighted by atomic mass is 19.4. The Kier molecular flexibility index (Phi) is 6.32. The van der Waals surface area contributed by atoms with Crippen LogP contribution in [0.3, 0.4) is 0 Å². The van der Waals surface area contributed by atoms with Gasteiger partial charge in [0.15, 0.2) is 0 Å². The molecule has 2 unspecified atom stereocenters.